The maximum Gasteiger partial charge on any atom is 0.417 e. The molecule has 2 aromatic rings. The number of carbonyl (C=O) groups excluding carboxylic acids is 3. The quantitative estimate of drug-likeness (QED) is 0.778. The number of benzene rings is 2. The molecule has 136 valence electrons. The molecular weight excluding hydrogens is 334 g/mol. The minimum absolute atomic E-state index is 0.0411. The van der Waals surface area contributed by atoms with E-state index in [2.05, 4.69) is 10.6 Å². The van der Waals surface area contributed by atoms with Crippen LogP contribution in [0.25, 0.3) is 0 Å². The molecule has 26 heavy (non-hydrogen) atoms. The topological polar surface area (TPSA) is 87.7 Å². The predicted octanol–water partition coefficient (Wildman–Crippen LogP) is 3.00. The van der Waals surface area contributed by atoms with Crippen molar-refractivity contribution >= 4 is 29.2 Å². The molecule has 0 aliphatic carbocycles. The van der Waals surface area contributed by atoms with E-state index in [1.807, 2.05) is 14.1 Å². The van der Waals surface area contributed by atoms with Crippen molar-refractivity contribution in [2.45, 2.75) is 6.92 Å². The van der Waals surface area contributed by atoms with Crippen molar-refractivity contribution in [3.8, 4) is 5.75 Å². The van der Waals surface area contributed by atoms with Gasteiger partial charge in [0.05, 0.1) is 6.54 Å². The van der Waals surface area contributed by atoms with E-state index >= 15 is 0 Å². The lowest BCUT2D eigenvalue weighted by molar-refractivity contribution is -0.114. The molecule has 7 nitrogen and oxygen atoms in total. The second-order valence-corrected chi connectivity index (χ2v) is 5.96. The van der Waals surface area contributed by atoms with Gasteiger partial charge in [-0.05, 0) is 50.5 Å². The summed E-state index contributed by atoms with van der Waals surface area (Å²) in [5.74, 6) is 0.108. The average Bonchev–Trinajstić information content (AvgIpc) is 2.55. The Bertz CT molecular complexity index is 801. The maximum absolute atomic E-state index is 12.1. The number of Topliss-reactive ketones (excluding diaryl/α,β-unsaturated/α-hetero) is 1. The fourth-order valence-electron chi connectivity index (χ4n) is 2.21. The smallest absolute Gasteiger partial charge is 0.410 e. The lowest BCUT2D eigenvalue weighted by Crippen LogP contribution is -2.22. The first-order valence-electron chi connectivity index (χ1n) is 7.98. The summed E-state index contributed by atoms with van der Waals surface area (Å²) in [6.07, 6.45) is -0.672. The minimum Gasteiger partial charge on any atom is -0.410 e. The van der Waals surface area contributed by atoms with E-state index in [0.29, 0.717) is 22.7 Å². The third kappa shape index (κ3) is 6.03. The summed E-state index contributed by atoms with van der Waals surface area (Å²) in [5.41, 5.74) is 1.59. The lowest BCUT2D eigenvalue weighted by atomic mass is 10.1. The zero-order valence-corrected chi connectivity index (χ0v) is 14.9. The van der Waals surface area contributed by atoms with Gasteiger partial charge in [0, 0.05) is 23.9 Å². The maximum atomic E-state index is 12.1. The molecule has 2 aromatic carbocycles. The van der Waals surface area contributed by atoms with Crippen molar-refractivity contribution in [1.29, 1.82) is 0 Å². The first-order chi connectivity index (χ1) is 12.3. The second-order valence-electron chi connectivity index (χ2n) is 5.96. The summed E-state index contributed by atoms with van der Waals surface area (Å²) in [4.78, 5) is 36.8. The molecule has 7 heteroatoms. The Labute approximate surface area is 152 Å². The van der Waals surface area contributed by atoms with Crippen molar-refractivity contribution in [2.24, 2.45) is 0 Å². The number of hydrogen-bond donors (Lipinski definition) is 2. The van der Waals surface area contributed by atoms with E-state index in [1.54, 1.807) is 53.4 Å². The third-order valence-electron chi connectivity index (χ3n) is 3.28. The van der Waals surface area contributed by atoms with Gasteiger partial charge in [0.25, 0.3) is 0 Å². The van der Waals surface area contributed by atoms with Gasteiger partial charge in [0.15, 0.2) is 5.78 Å². The zero-order chi connectivity index (χ0) is 19.1. The van der Waals surface area contributed by atoms with Crippen LogP contribution in [0.1, 0.15) is 17.3 Å². The number of carbonyl (C=O) groups is 3. The number of likely N-dealkylation sites (N-methyl/N-ethyl adjacent to an activating group) is 1. The molecule has 0 saturated carbocycles. The fourth-order valence-corrected chi connectivity index (χ4v) is 2.21. The number of hydrogen-bond acceptors (Lipinski definition) is 5. The van der Waals surface area contributed by atoms with Gasteiger partial charge in [-0.3, -0.25) is 14.9 Å². The van der Waals surface area contributed by atoms with Crippen molar-refractivity contribution in [1.82, 2.24) is 4.90 Å². The van der Waals surface area contributed by atoms with Crippen LogP contribution in [-0.2, 0) is 4.79 Å². The summed E-state index contributed by atoms with van der Waals surface area (Å²) in [7, 11) is 3.63. The molecular formula is C19H21N3O4. The minimum atomic E-state index is -0.672. The molecule has 0 heterocycles. The largest absolute Gasteiger partial charge is 0.417 e. The van der Waals surface area contributed by atoms with Crippen LogP contribution in [-0.4, -0.2) is 43.3 Å². The number of ether oxygens (including phenoxy) is 1. The van der Waals surface area contributed by atoms with Crippen LogP contribution < -0.4 is 15.4 Å². The van der Waals surface area contributed by atoms with Gasteiger partial charge in [0.2, 0.25) is 5.91 Å². The summed E-state index contributed by atoms with van der Waals surface area (Å²) in [6, 6.07) is 13.1. The average molecular weight is 355 g/mol. The molecule has 0 aliphatic heterocycles. The van der Waals surface area contributed by atoms with E-state index < -0.39 is 6.09 Å². The van der Waals surface area contributed by atoms with Crippen LogP contribution in [0.2, 0.25) is 0 Å². The molecule has 0 radical (unpaired) electrons. The van der Waals surface area contributed by atoms with Crippen molar-refractivity contribution in [3.05, 3.63) is 54.1 Å². The standard InChI is InChI=1S/C19H21N3O4/c1-13(23)20-15-7-9-17(10-8-15)26-19(25)21-16-6-4-5-14(11-16)18(24)12-22(2)3/h4-11H,12H2,1-3H3,(H,20,23)(H,21,25). The molecule has 0 atom stereocenters. The van der Waals surface area contributed by atoms with Gasteiger partial charge in [-0.2, -0.15) is 0 Å². The Morgan fingerprint density at radius 1 is 0.962 bits per heavy atom. The van der Waals surface area contributed by atoms with Crippen LogP contribution in [0.5, 0.6) is 5.75 Å². The summed E-state index contributed by atoms with van der Waals surface area (Å²) < 4.78 is 5.19. The zero-order valence-electron chi connectivity index (χ0n) is 14.9. The van der Waals surface area contributed by atoms with Crippen LogP contribution in [0.15, 0.2) is 48.5 Å². The molecule has 2 rings (SSSR count). The van der Waals surface area contributed by atoms with Gasteiger partial charge in [-0.1, -0.05) is 12.1 Å². The van der Waals surface area contributed by atoms with Crippen LogP contribution in [0.3, 0.4) is 0 Å². The Hall–Kier alpha value is -3.19. The highest BCUT2D eigenvalue weighted by atomic mass is 16.6. The number of ketones is 1. The monoisotopic (exact) mass is 355 g/mol. The Morgan fingerprint density at radius 2 is 1.65 bits per heavy atom. The molecule has 0 spiro atoms. The van der Waals surface area contributed by atoms with E-state index in [9.17, 15) is 14.4 Å². The van der Waals surface area contributed by atoms with Crippen LogP contribution in [0.4, 0.5) is 16.2 Å². The Kier molecular flexibility index (Phi) is 6.46. The lowest BCUT2D eigenvalue weighted by Gasteiger charge is -2.10. The van der Waals surface area contributed by atoms with Gasteiger partial charge in [-0.15, -0.1) is 0 Å². The van der Waals surface area contributed by atoms with Crippen molar-refractivity contribution < 1.29 is 19.1 Å². The van der Waals surface area contributed by atoms with E-state index in [0.717, 1.165) is 0 Å². The summed E-state index contributed by atoms with van der Waals surface area (Å²) in [5, 5.41) is 5.21. The highest BCUT2D eigenvalue weighted by Crippen LogP contribution is 2.17. The fraction of sp³-hybridized carbons (Fsp3) is 0.211. The van der Waals surface area contributed by atoms with E-state index in [-0.39, 0.29) is 18.2 Å². The van der Waals surface area contributed by atoms with E-state index in [4.69, 9.17) is 4.74 Å². The Morgan fingerprint density at radius 3 is 2.27 bits per heavy atom. The number of rotatable bonds is 6. The second kappa shape index (κ2) is 8.77. The number of nitrogens with zero attached hydrogens (tertiary/aromatic N) is 1. The third-order valence-corrected chi connectivity index (χ3v) is 3.28. The molecule has 2 amide bonds. The SMILES string of the molecule is CC(=O)Nc1ccc(OC(=O)Nc2cccc(C(=O)CN(C)C)c2)cc1. The number of anilines is 2. The van der Waals surface area contributed by atoms with Gasteiger partial charge in [0.1, 0.15) is 5.75 Å². The van der Waals surface area contributed by atoms with Crippen molar-refractivity contribution in [2.75, 3.05) is 31.3 Å². The first kappa shape index (κ1) is 19.1. The first-order valence-corrected chi connectivity index (χ1v) is 7.98. The van der Waals surface area contributed by atoms with Crippen molar-refractivity contribution in [3.63, 3.8) is 0 Å². The Balaban J connectivity index is 1.97. The highest BCUT2D eigenvalue weighted by Gasteiger charge is 2.10. The normalized spacial score (nSPS) is 10.3. The van der Waals surface area contributed by atoms with Crippen LogP contribution >= 0.6 is 0 Å². The predicted molar refractivity (Wildman–Crippen MR) is 99.7 cm³/mol. The molecule has 0 unspecified atom stereocenters. The molecule has 0 aromatic heterocycles. The summed E-state index contributed by atoms with van der Waals surface area (Å²) in [6.45, 7) is 1.70. The van der Waals surface area contributed by atoms with Gasteiger partial charge >= 0.3 is 6.09 Å². The molecule has 0 saturated heterocycles. The molecule has 2 N–H and O–H groups in total. The molecule has 0 bridgehead atoms. The highest BCUT2D eigenvalue weighted by molar-refractivity contribution is 5.99. The molecule has 0 fully saturated rings. The number of nitrogens with one attached hydrogen (secondary N) is 2. The van der Waals surface area contributed by atoms with E-state index in [1.165, 1.54) is 6.92 Å². The summed E-state index contributed by atoms with van der Waals surface area (Å²) >= 11 is 0. The molecule has 0 aliphatic rings. The number of amides is 2. The van der Waals surface area contributed by atoms with Gasteiger partial charge in [-0.25, -0.2) is 4.79 Å². The van der Waals surface area contributed by atoms with Crippen LogP contribution in [0, 0.1) is 0 Å². The van der Waals surface area contributed by atoms with Gasteiger partial charge < -0.3 is 15.0 Å².